The van der Waals surface area contributed by atoms with Crippen molar-refractivity contribution in [3.8, 4) is 0 Å². The SMILES string of the molecule is C=C/C=C(\C)NCC(=O)N(CC(=O)NCc1cccc(Cl)c1F)C(C)C. The summed E-state index contributed by atoms with van der Waals surface area (Å²) in [6.45, 7) is 9.04. The second-order valence-corrected chi connectivity index (χ2v) is 6.45. The summed E-state index contributed by atoms with van der Waals surface area (Å²) in [6.07, 6.45) is 3.37. The summed E-state index contributed by atoms with van der Waals surface area (Å²) in [4.78, 5) is 26.0. The number of halogens is 2. The summed E-state index contributed by atoms with van der Waals surface area (Å²) in [5, 5.41) is 5.59. The largest absolute Gasteiger partial charge is 0.380 e. The molecule has 0 saturated heterocycles. The van der Waals surface area contributed by atoms with Crippen molar-refractivity contribution < 1.29 is 14.0 Å². The van der Waals surface area contributed by atoms with Crippen molar-refractivity contribution >= 4 is 23.4 Å². The van der Waals surface area contributed by atoms with Crippen LogP contribution in [0.1, 0.15) is 26.3 Å². The maximum absolute atomic E-state index is 13.8. The van der Waals surface area contributed by atoms with Gasteiger partial charge in [0.25, 0.3) is 0 Å². The minimum absolute atomic E-state index is 0.00440. The van der Waals surface area contributed by atoms with Crippen LogP contribution in [0.25, 0.3) is 0 Å². The highest BCUT2D eigenvalue weighted by molar-refractivity contribution is 6.30. The van der Waals surface area contributed by atoms with Gasteiger partial charge in [-0.05, 0) is 32.9 Å². The van der Waals surface area contributed by atoms with E-state index >= 15 is 0 Å². The van der Waals surface area contributed by atoms with E-state index in [2.05, 4.69) is 17.2 Å². The van der Waals surface area contributed by atoms with Crippen LogP contribution in [0, 0.1) is 5.82 Å². The fraction of sp³-hybridized carbons (Fsp3) is 0.368. The molecule has 2 N–H and O–H groups in total. The number of carbonyl (C=O) groups is 2. The van der Waals surface area contributed by atoms with Crippen molar-refractivity contribution in [2.24, 2.45) is 0 Å². The molecule has 0 spiro atoms. The number of carbonyl (C=O) groups excluding carboxylic acids is 2. The standard InChI is InChI=1S/C19H25ClFN3O2/c1-5-7-14(4)22-11-18(26)24(13(2)3)12-17(25)23-10-15-8-6-9-16(20)19(15)21/h5-9,13,22H,1,10-12H2,2-4H3,(H,23,25)/b14-7+. The van der Waals surface area contributed by atoms with Crippen LogP contribution in [0.15, 0.2) is 42.6 Å². The van der Waals surface area contributed by atoms with Gasteiger partial charge in [-0.2, -0.15) is 0 Å². The quantitative estimate of drug-likeness (QED) is 0.646. The molecule has 26 heavy (non-hydrogen) atoms. The first-order valence-corrected chi connectivity index (χ1v) is 8.66. The zero-order valence-corrected chi connectivity index (χ0v) is 16.1. The third-order valence-electron chi connectivity index (χ3n) is 3.65. The van der Waals surface area contributed by atoms with Gasteiger partial charge in [-0.3, -0.25) is 9.59 Å². The average Bonchev–Trinajstić information content (AvgIpc) is 2.59. The monoisotopic (exact) mass is 381 g/mol. The van der Waals surface area contributed by atoms with Crippen molar-refractivity contribution in [2.75, 3.05) is 13.1 Å². The van der Waals surface area contributed by atoms with E-state index in [9.17, 15) is 14.0 Å². The van der Waals surface area contributed by atoms with Crippen LogP contribution in [0.5, 0.6) is 0 Å². The molecule has 0 heterocycles. The second-order valence-electron chi connectivity index (χ2n) is 6.04. The molecule has 5 nitrogen and oxygen atoms in total. The summed E-state index contributed by atoms with van der Waals surface area (Å²) in [5.41, 5.74) is 1.10. The number of hydrogen-bond donors (Lipinski definition) is 2. The molecule has 0 fully saturated rings. The van der Waals surface area contributed by atoms with Gasteiger partial charge in [0.1, 0.15) is 5.82 Å². The number of nitrogens with one attached hydrogen (secondary N) is 2. The highest BCUT2D eigenvalue weighted by Gasteiger charge is 2.20. The van der Waals surface area contributed by atoms with Crippen molar-refractivity contribution in [1.29, 1.82) is 0 Å². The fourth-order valence-corrected chi connectivity index (χ4v) is 2.39. The first kappa shape index (κ1) is 21.7. The normalized spacial score (nSPS) is 11.2. The number of amides is 2. The molecule has 1 aromatic rings. The number of nitrogens with zero attached hydrogens (tertiary/aromatic N) is 1. The average molecular weight is 382 g/mol. The number of hydrogen-bond acceptors (Lipinski definition) is 3. The maximum Gasteiger partial charge on any atom is 0.242 e. The molecule has 0 bridgehead atoms. The number of rotatable bonds is 9. The lowest BCUT2D eigenvalue weighted by Gasteiger charge is -2.26. The first-order chi connectivity index (χ1) is 12.3. The molecule has 0 radical (unpaired) electrons. The Morgan fingerprint density at radius 2 is 2.04 bits per heavy atom. The van der Waals surface area contributed by atoms with E-state index in [1.807, 2.05) is 20.8 Å². The van der Waals surface area contributed by atoms with Gasteiger partial charge in [-0.15, -0.1) is 0 Å². The lowest BCUT2D eigenvalue weighted by Crippen LogP contribution is -2.47. The molecule has 2 amide bonds. The molecular formula is C19H25ClFN3O2. The van der Waals surface area contributed by atoms with E-state index in [1.165, 1.54) is 11.0 Å². The smallest absolute Gasteiger partial charge is 0.242 e. The fourth-order valence-electron chi connectivity index (χ4n) is 2.20. The van der Waals surface area contributed by atoms with Crippen LogP contribution in [-0.4, -0.2) is 35.8 Å². The Morgan fingerprint density at radius 1 is 1.35 bits per heavy atom. The molecule has 1 aromatic carbocycles. The molecule has 0 aliphatic heterocycles. The third kappa shape index (κ3) is 6.88. The van der Waals surface area contributed by atoms with E-state index < -0.39 is 5.82 Å². The maximum atomic E-state index is 13.8. The van der Waals surface area contributed by atoms with Crippen LogP contribution < -0.4 is 10.6 Å². The van der Waals surface area contributed by atoms with E-state index in [4.69, 9.17) is 11.6 Å². The first-order valence-electron chi connectivity index (χ1n) is 8.28. The van der Waals surface area contributed by atoms with Gasteiger partial charge in [0.05, 0.1) is 18.1 Å². The number of benzene rings is 1. The van der Waals surface area contributed by atoms with Crippen LogP contribution in [0.2, 0.25) is 5.02 Å². The van der Waals surface area contributed by atoms with Crippen LogP contribution in [0.4, 0.5) is 4.39 Å². The van der Waals surface area contributed by atoms with Gasteiger partial charge in [0, 0.05) is 23.8 Å². The van der Waals surface area contributed by atoms with Gasteiger partial charge in [-0.25, -0.2) is 4.39 Å². The Balaban J connectivity index is 2.61. The lowest BCUT2D eigenvalue weighted by atomic mass is 10.2. The molecule has 0 aliphatic carbocycles. The molecule has 142 valence electrons. The van der Waals surface area contributed by atoms with Gasteiger partial charge in [0.15, 0.2) is 0 Å². The zero-order chi connectivity index (χ0) is 19.7. The molecule has 0 aromatic heterocycles. The van der Waals surface area contributed by atoms with E-state index in [-0.39, 0.29) is 42.5 Å². The van der Waals surface area contributed by atoms with Crippen LogP contribution >= 0.6 is 11.6 Å². The van der Waals surface area contributed by atoms with Crippen LogP contribution in [0.3, 0.4) is 0 Å². The van der Waals surface area contributed by atoms with Gasteiger partial charge in [0.2, 0.25) is 11.8 Å². The minimum atomic E-state index is -0.556. The Hall–Kier alpha value is -2.34. The van der Waals surface area contributed by atoms with Crippen molar-refractivity contribution in [3.63, 3.8) is 0 Å². The molecule has 0 aliphatic rings. The Morgan fingerprint density at radius 3 is 2.65 bits per heavy atom. The van der Waals surface area contributed by atoms with Crippen molar-refractivity contribution in [3.05, 3.63) is 59.0 Å². The van der Waals surface area contributed by atoms with Crippen molar-refractivity contribution in [2.45, 2.75) is 33.4 Å². The molecule has 1 rings (SSSR count). The van der Waals surface area contributed by atoms with Gasteiger partial charge >= 0.3 is 0 Å². The van der Waals surface area contributed by atoms with Gasteiger partial charge < -0.3 is 15.5 Å². The Kier molecular flexibility index (Phi) is 8.85. The van der Waals surface area contributed by atoms with Crippen molar-refractivity contribution in [1.82, 2.24) is 15.5 Å². The van der Waals surface area contributed by atoms with Gasteiger partial charge in [-0.1, -0.05) is 36.4 Å². The molecule has 7 heteroatoms. The Labute approximate surface area is 158 Å². The minimum Gasteiger partial charge on any atom is -0.380 e. The van der Waals surface area contributed by atoms with Crippen LogP contribution in [-0.2, 0) is 16.1 Å². The topological polar surface area (TPSA) is 61.4 Å². The van der Waals surface area contributed by atoms with E-state index in [1.54, 1.807) is 24.3 Å². The zero-order valence-electron chi connectivity index (χ0n) is 15.3. The number of allylic oxidation sites excluding steroid dienone is 3. The molecule has 0 unspecified atom stereocenters. The summed E-state index contributed by atoms with van der Waals surface area (Å²) >= 11 is 5.72. The summed E-state index contributed by atoms with van der Waals surface area (Å²) < 4.78 is 13.8. The Bertz CT molecular complexity index is 689. The van der Waals surface area contributed by atoms with E-state index in [0.29, 0.717) is 5.56 Å². The summed E-state index contributed by atoms with van der Waals surface area (Å²) in [6, 6.07) is 4.45. The molecule has 0 atom stereocenters. The predicted octanol–water partition coefficient (Wildman–Crippen LogP) is 3.01. The second kappa shape index (κ2) is 10.6. The highest BCUT2D eigenvalue weighted by atomic mass is 35.5. The lowest BCUT2D eigenvalue weighted by molar-refractivity contribution is -0.136. The third-order valence-corrected chi connectivity index (χ3v) is 3.94. The summed E-state index contributed by atoms with van der Waals surface area (Å²) in [5.74, 6) is -1.13. The molecular weight excluding hydrogens is 357 g/mol. The summed E-state index contributed by atoms with van der Waals surface area (Å²) in [7, 11) is 0. The highest BCUT2D eigenvalue weighted by Crippen LogP contribution is 2.17. The predicted molar refractivity (Wildman–Crippen MR) is 102 cm³/mol. The molecule has 0 saturated carbocycles. The van der Waals surface area contributed by atoms with E-state index in [0.717, 1.165) is 5.70 Å².